The van der Waals surface area contributed by atoms with Crippen molar-refractivity contribution < 1.29 is 38.7 Å². The van der Waals surface area contributed by atoms with Gasteiger partial charge in [0.1, 0.15) is 12.1 Å². The molecule has 5 rings (SSSR count). The molecule has 63 heavy (non-hydrogen) atoms. The predicted octanol–water partition coefficient (Wildman–Crippen LogP) is 6.08. The number of hydrogen-bond acceptors (Lipinski definition) is 12. The zero-order chi connectivity index (χ0) is 46.3. The van der Waals surface area contributed by atoms with Gasteiger partial charge in [-0.15, -0.1) is 0 Å². The summed E-state index contributed by atoms with van der Waals surface area (Å²) in [5, 5.41) is 35.4. The van der Waals surface area contributed by atoms with Crippen molar-refractivity contribution in [2.75, 3.05) is 19.8 Å². The number of rotatable bonds is 17. The van der Waals surface area contributed by atoms with Crippen LogP contribution in [0, 0.1) is 22.7 Å². The maximum Gasteiger partial charge on any atom is 0.312 e. The molecular weight excluding hydrogens is 828 g/mol. The first kappa shape index (κ1) is 49.7. The van der Waals surface area contributed by atoms with E-state index in [2.05, 4.69) is 31.4 Å². The summed E-state index contributed by atoms with van der Waals surface area (Å²) in [6, 6.07) is 3.68. The lowest BCUT2D eigenvalue weighted by atomic mass is 9.76. The van der Waals surface area contributed by atoms with Gasteiger partial charge in [-0.05, 0) is 83.3 Å². The van der Waals surface area contributed by atoms with Crippen molar-refractivity contribution in [2.45, 2.75) is 175 Å². The minimum absolute atomic E-state index is 0.000427. The number of esters is 1. The Hall–Kier alpha value is -4.31. The number of halogens is 1. The molecule has 8 atom stereocenters. The molecule has 1 aliphatic carbocycles. The molecule has 16 nitrogen and oxygen atoms in total. The predicted molar refractivity (Wildman–Crippen MR) is 239 cm³/mol. The lowest BCUT2D eigenvalue weighted by molar-refractivity contribution is -0.157. The topological polar surface area (TPSA) is 204 Å². The van der Waals surface area contributed by atoms with Crippen LogP contribution >= 0.6 is 11.6 Å². The van der Waals surface area contributed by atoms with Gasteiger partial charge < -0.3 is 35.5 Å². The summed E-state index contributed by atoms with van der Waals surface area (Å²) in [4.78, 5) is 77.6. The summed E-state index contributed by atoms with van der Waals surface area (Å²) in [5.74, 6) is -2.60. The third-order valence-electron chi connectivity index (χ3n) is 12.8. The number of aliphatic hydroxyl groups excluding tert-OH is 1. The smallest absolute Gasteiger partial charge is 0.312 e. The third-order valence-corrected chi connectivity index (χ3v) is 13.0. The molecule has 1 spiro atoms. The first-order valence-corrected chi connectivity index (χ1v) is 23.3. The Morgan fingerprint density at radius 2 is 1.73 bits per heavy atom. The Labute approximate surface area is 378 Å². The Bertz CT molecular complexity index is 1860. The molecule has 350 valence electrons. The maximum absolute atomic E-state index is 15.2. The first-order chi connectivity index (χ1) is 29.6. The van der Waals surface area contributed by atoms with Crippen molar-refractivity contribution in [3.05, 3.63) is 34.9 Å². The molecule has 1 aromatic carbocycles. The van der Waals surface area contributed by atoms with E-state index in [9.17, 15) is 24.3 Å². The van der Waals surface area contributed by atoms with Crippen LogP contribution in [0.3, 0.4) is 0 Å². The van der Waals surface area contributed by atoms with Crippen LogP contribution in [-0.2, 0) is 33.5 Å². The van der Waals surface area contributed by atoms with Crippen LogP contribution in [-0.4, -0.2) is 112 Å². The van der Waals surface area contributed by atoms with Crippen molar-refractivity contribution in [2.24, 2.45) is 38.2 Å². The van der Waals surface area contributed by atoms with Gasteiger partial charge in [0, 0.05) is 35.4 Å². The number of hydrogen-bond donors (Lipinski definition) is 4. The second kappa shape index (κ2) is 21.1. The van der Waals surface area contributed by atoms with E-state index in [0.717, 1.165) is 37.7 Å². The lowest BCUT2D eigenvalue weighted by Crippen LogP contribution is -2.60. The SMILES string of the molecule is CCC[C@H](NC(=O)[C@@H]1C[C@]2(CC(c3cccc(Cl)c3)=NO2)CN1C(=O)[C@@H](NC(=O)[C@@H](CC1CN(COC(=O)C(C)(C)C)N=N1)C1CCCCC1)C(C)(C)C)C(O)C(=O)NC(C)CC. The van der Waals surface area contributed by atoms with E-state index in [4.69, 9.17) is 21.2 Å². The van der Waals surface area contributed by atoms with Gasteiger partial charge in [-0.3, -0.25) is 24.0 Å². The molecule has 3 heterocycles. The van der Waals surface area contributed by atoms with E-state index in [1.807, 2.05) is 53.7 Å². The highest BCUT2D eigenvalue weighted by atomic mass is 35.5. The van der Waals surface area contributed by atoms with Crippen LogP contribution in [0.25, 0.3) is 0 Å². The number of ether oxygens (including phenoxy) is 1. The number of aliphatic hydroxyl groups is 1. The van der Waals surface area contributed by atoms with Crippen molar-refractivity contribution in [1.82, 2.24) is 25.9 Å². The van der Waals surface area contributed by atoms with Gasteiger partial charge in [0.2, 0.25) is 17.7 Å². The summed E-state index contributed by atoms with van der Waals surface area (Å²) in [5.41, 5.74) is -1.15. The normalized spacial score (nSPS) is 24.0. The number of benzene rings is 1. The number of nitrogens with zero attached hydrogens (tertiary/aromatic N) is 5. The highest BCUT2D eigenvalue weighted by molar-refractivity contribution is 6.31. The van der Waals surface area contributed by atoms with E-state index in [0.29, 0.717) is 43.0 Å². The molecule has 1 saturated heterocycles. The fourth-order valence-electron chi connectivity index (χ4n) is 8.88. The molecule has 4 amide bonds. The minimum Gasteiger partial charge on any atom is -0.442 e. The van der Waals surface area contributed by atoms with Gasteiger partial charge in [-0.2, -0.15) is 5.11 Å². The number of likely N-dealkylation sites (tertiary alicyclic amines) is 1. The van der Waals surface area contributed by atoms with E-state index in [-0.39, 0.29) is 56.0 Å². The zero-order valence-corrected chi connectivity index (χ0v) is 39.5. The second-order valence-electron chi connectivity index (χ2n) is 20.3. The van der Waals surface area contributed by atoms with Crippen LogP contribution < -0.4 is 16.0 Å². The molecule has 0 radical (unpaired) electrons. The van der Waals surface area contributed by atoms with Gasteiger partial charge in [-0.25, -0.2) is 5.01 Å². The number of amides is 4. The van der Waals surface area contributed by atoms with Crippen molar-refractivity contribution in [3.8, 4) is 0 Å². The molecule has 3 unspecified atom stereocenters. The number of nitrogens with one attached hydrogen (secondary N) is 3. The molecule has 2 fully saturated rings. The van der Waals surface area contributed by atoms with Crippen LogP contribution in [0.1, 0.15) is 139 Å². The highest BCUT2D eigenvalue weighted by Gasteiger charge is 2.56. The molecule has 0 bridgehead atoms. The van der Waals surface area contributed by atoms with Crippen LogP contribution in [0.4, 0.5) is 0 Å². The number of carbonyl (C=O) groups is 5. The Kier molecular flexibility index (Phi) is 16.7. The van der Waals surface area contributed by atoms with Gasteiger partial charge in [0.15, 0.2) is 18.4 Å². The minimum atomic E-state index is -1.52. The fraction of sp³-hybridized carbons (Fsp3) is 0.739. The van der Waals surface area contributed by atoms with Gasteiger partial charge >= 0.3 is 5.97 Å². The van der Waals surface area contributed by atoms with Crippen molar-refractivity contribution in [1.29, 1.82) is 0 Å². The monoisotopic (exact) mass is 899 g/mol. The number of oxime groups is 1. The summed E-state index contributed by atoms with van der Waals surface area (Å²) in [6.07, 6.45) is 5.61. The summed E-state index contributed by atoms with van der Waals surface area (Å²) < 4.78 is 5.47. The molecule has 3 aliphatic heterocycles. The van der Waals surface area contributed by atoms with E-state index >= 15 is 4.79 Å². The van der Waals surface area contributed by atoms with Crippen molar-refractivity contribution in [3.63, 3.8) is 0 Å². The molecule has 0 aromatic heterocycles. The summed E-state index contributed by atoms with van der Waals surface area (Å²) in [7, 11) is 0. The van der Waals surface area contributed by atoms with E-state index in [1.165, 1.54) is 4.90 Å². The molecule has 4 N–H and O–H groups in total. The summed E-state index contributed by atoms with van der Waals surface area (Å²) >= 11 is 6.33. The van der Waals surface area contributed by atoms with Gasteiger partial charge in [0.05, 0.1) is 36.3 Å². The maximum atomic E-state index is 15.2. The molecule has 17 heteroatoms. The summed E-state index contributed by atoms with van der Waals surface area (Å²) in [6.45, 7) is 17.0. The third kappa shape index (κ3) is 12.9. The van der Waals surface area contributed by atoms with Crippen LogP contribution in [0.5, 0.6) is 0 Å². The molecule has 1 aromatic rings. The average Bonchev–Trinajstić information content (AvgIpc) is 3.98. The van der Waals surface area contributed by atoms with Crippen LogP contribution in [0.15, 0.2) is 39.8 Å². The largest absolute Gasteiger partial charge is 0.442 e. The fourth-order valence-corrected chi connectivity index (χ4v) is 9.07. The quantitative estimate of drug-likeness (QED) is 0.134. The zero-order valence-electron chi connectivity index (χ0n) is 38.7. The Morgan fingerprint density at radius 1 is 1.02 bits per heavy atom. The highest BCUT2D eigenvalue weighted by Crippen LogP contribution is 2.41. The van der Waals surface area contributed by atoms with Crippen LogP contribution in [0.2, 0.25) is 5.02 Å². The number of carbonyl (C=O) groups excluding carboxylic acids is 5. The van der Waals surface area contributed by atoms with Gasteiger partial charge in [0.25, 0.3) is 5.91 Å². The second-order valence-corrected chi connectivity index (χ2v) is 20.7. The Balaban J connectivity index is 1.39. The van der Waals surface area contributed by atoms with Crippen molar-refractivity contribution >= 4 is 46.9 Å². The van der Waals surface area contributed by atoms with E-state index < -0.39 is 64.3 Å². The van der Waals surface area contributed by atoms with Gasteiger partial charge in [-0.1, -0.05) is 94.4 Å². The lowest BCUT2D eigenvalue weighted by Gasteiger charge is -2.38. The molecule has 4 aliphatic rings. The Morgan fingerprint density at radius 3 is 2.37 bits per heavy atom. The average molecular weight is 900 g/mol. The molecule has 1 saturated carbocycles. The standard InChI is InChI=1S/C46H71ClN8O8/c1-10-16-34(37(56)41(59)48-28(3)11-2)49-40(58)36-24-46(23-35(52-63-46)30-19-15-20-31(47)21-30)26-55(36)42(60)38(44(4,5)6)50-39(57)33(29-17-13-12-14-18-29)22-32-25-54(53-51-32)27-62-43(61)45(7,8)9/h15,19-21,28-29,32-34,36-38,56H,10-14,16-18,22-27H2,1-9H3,(H,48,59)(H,49,58)(H,50,57)/t28?,32?,33-,34-,36-,37?,38+,46+/m0/s1. The first-order valence-electron chi connectivity index (χ1n) is 22.9. The molecular formula is C46H71ClN8O8. The van der Waals surface area contributed by atoms with E-state index in [1.54, 1.807) is 37.9 Å².